The van der Waals surface area contributed by atoms with Crippen LogP contribution in [0.1, 0.15) is 11.1 Å². The van der Waals surface area contributed by atoms with Gasteiger partial charge in [0.15, 0.2) is 0 Å². The van der Waals surface area contributed by atoms with Crippen molar-refractivity contribution in [3.05, 3.63) is 63.1 Å². The average molecular weight is 346 g/mol. The summed E-state index contributed by atoms with van der Waals surface area (Å²) in [5.41, 5.74) is 2.01. The number of hydrogen-bond donors (Lipinski definition) is 0. The van der Waals surface area contributed by atoms with Gasteiger partial charge in [0.25, 0.3) is 0 Å². The first-order chi connectivity index (χ1) is 8.69. The molecule has 0 atom stereocenters. The molecule has 0 amide bonds. The lowest BCUT2D eigenvalue weighted by Crippen LogP contribution is -1.97. The van der Waals surface area contributed by atoms with Gasteiger partial charge in [-0.1, -0.05) is 39.7 Å². The summed E-state index contributed by atoms with van der Waals surface area (Å²) in [6.45, 7) is 0.513. The van der Waals surface area contributed by atoms with Crippen molar-refractivity contribution in [2.75, 3.05) is 0 Å². The van der Waals surface area contributed by atoms with Crippen LogP contribution in [0.2, 0.25) is 5.02 Å². The summed E-state index contributed by atoms with van der Waals surface area (Å²) in [5.74, 6) is 1.16. The van der Waals surface area contributed by atoms with E-state index >= 15 is 0 Å². The third kappa shape index (κ3) is 3.64. The van der Waals surface area contributed by atoms with Crippen LogP contribution in [0, 0.1) is 0 Å². The fourth-order valence-corrected chi connectivity index (χ4v) is 2.20. The summed E-state index contributed by atoms with van der Waals surface area (Å²) >= 11 is 15.2. The molecule has 0 heterocycles. The van der Waals surface area contributed by atoms with E-state index < -0.39 is 0 Å². The molecule has 18 heavy (non-hydrogen) atoms. The van der Waals surface area contributed by atoms with Crippen molar-refractivity contribution in [1.29, 1.82) is 0 Å². The van der Waals surface area contributed by atoms with Gasteiger partial charge in [0.05, 0.1) is 5.88 Å². The molecule has 0 fully saturated rings. The van der Waals surface area contributed by atoms with E-state index in [1.807, 2.05) is 36.4 Å². The number of halogens is 3. The highest BCUT2D eigenvalue weighted by Gasteiger charge is 2.04. The molecule has 2 aromatic rings. The Labute approximate surface area is 125 Å². The molecule has 2 rings (SSSR count). The topological polar surface area (TPSA) is 9.23 Å². The Bertz CT molecular complexity index is 526. The van der Waals surface area contributed by atoms with Gasteiger partial charge in [0, 0.05) is 15.1 Å². The fourth-order valence-electron chi connectivity index (χ4n) is 1.53. The first-order valence-electron chi connectivity index (χ1n) is 5.40. The second-order valence-electron chi connectivity index (χ2n) is 3.80. The molecule has 0 unspecified atom stereocenters. The largest absolute Gasteiger partial charge is 0.489 e. The Hall–Kier alpha value is -0.700. The van der Waals surface area contributed by atoms with E-state index in [1.165, 1.54) is 0 Å². The van der Waals surface area contributed by atoms with E-state index in [1.54, 1.807) is 6.07 Å². The van der Waals surface area contributed by atoms with Crippen LogP contribution >= 0.6 is 39.1 Å². The predicted molar refractivity (Wildman–Crippen MR) is 79.5 cm³/mol. The molecular weight excluding hydrogens is 335 g/mol. The maximum atomic E-state index is 5.91. The molecule has 0 N–H and O–H groups in total. The number of hydrogen-bond acceptors (Lipinski definition) is 1. The van der Waals surface area contributed by atoms with Crippen LogP contribution in [-0.4, -0.2) is 0 Å². The monoisotopic (exact) mass is 344 g/mol. The molecule has 0 aliphatic heterocycles. The molecular formula is C14H11BrCl2O. The van der Waals surface area contributed by atoms with Gasteiger partial charge in [-0.3, -0.25) is 0 Å². The second kappa shape index (κ2) is 6.46. The molecule has 2 aromatic carbocycles. The van der Waals surface area contributed by atoms with E-state index in [0.717, 1.165) is 21.3 Å². The zero-order valence-corrected chi connectivity index (χ0v) is 12.6. The van der Waals surface area contributed by atoms with Crippen LogP contribution < -0.4 is 4.74 Å². The third-order valence-electron chi connectivity index (χ3n) is 2.47. The zero-order valence-electron chi connectivity index (χ0n) is 9.50. The second-order valence-corrected chi connectivity index (χ2v) is 5.42. The summed E-state index contributed by atoms with van der Waals surface area (Å²) in [5, 5.41) is 0.668. The Kier molecular flexibility index (Phi) is 4.93. The Morgan fingerprint density at radius 3 is 2.44 bits per heavy atom. The van der Waals surface area contributed by atoms with Gasteiger partial charge < -0.3 is 4.74 Å². The first-order valence-corrected chi connectivity index (χ1v) is 7.11. The highest BCUT2D eigenvalue weighted by molar-refractivity contribution is 9.10. The van der Waals surface area contributed by atoms with Gasteiger partial charge in [-0.2, -0.15) is 0 Å². The molecule has 94 valence electrons. The Morgan fingerprint density at radius 1 is 1.06 bits per heavy atom. The zero-order chi connectivity index (χ0) is 13.0. The average Bonchev–Trinajstić information content (AvgIpc) is 2.39. The van der Waals surface area contributed by atoms with Gasteiger partial charge >= 0.3 is 0 Å². The smallest absolute Gasteiger partial charge is 0.124 e. The van der Waals surface area contributed by atoms with E-state index in [-0.39, 0.29) is 0 Å². The number of benzene rings is 2. The molecule has 1 nitrogen and oxygen atoms in total. The minimum absolute atomic E-state index is 0.385. The normalized spacial score (nSPS) is 10.4. The van der Waals surface area contributed by atoms with E-state index in [2.05, 4.69) is 15.9 Å². The molecule has 0 spiro atoms. The van der Waals surface area contributed by atoms with Gasteiger partial charge in [-0.15, -0.1) is 11.6 Å². The van der Waals surface area contributed by atoms with Gasteiger partial charge in [0.2, 0.25) is 0 Å². The molecule has 0 aliphatic carbocycles. The third-order valence-corrected chi connectivity index (χ3v) is 3.53. The predicted octanol–water partition coefficient (Wildman–Crippen LogP) is 5.42. The minimum atomic E-state index is 0.385. The minimum Gasteiger partial charge on any atom is -0.489 e. The van der Waals surface area contributed by atoms with Crippen LogP contribution in [0.15, 0.2) is 46.9 Å². The van der Waals surface area contributed by atoms with Crippen molar-refractivity contribution >= 4 is 39.1 Å². The van der Waals surface area contributed by atoms with Gasteiger partial charge in [-0.05, 0) is 35.9 Å². The number of alkyl halides is 1. The van der Waals surface area contributed by atoms with E-state index in [9.17, 15) is 0 Å². The van der Waals surface area contributed by atoms with Crippen molar-refractivity contribution in [3.63, 3.8) is 0 Å². The number of ether oxygens (including phenoxy) is 1. The molecule has 0 saturated heterocycles. The molecule has 0 bridgehead atoms. The molecule has 4 heteroatoms. The van der Waals surface area contributed by atoms with Crippen molar-refractivity contribution in [2.45, 2.75) is 12.5 Å². The van der Waals surface area contributed by atoms with E-state index in [4.69, 9.17) is 27.9 Å². The summed E-state index contributed by atoms with van der Waals surface area (Å²) in [7, 11) is 0. The summed E-state index contributed by atoms with van der Waals surface area (Å²) < 4.78 is 6.81. The SMILES string of the molecule is ClCc1cc(Cl)ccc1OCc1ccc(Br)cc1. The Balaban J connectivity index is 2.08. The lowest BCUT2D eigenvalue weighted by molar-refractivity contribution is 0.304. The standard InChI is InChI=1S/C14H11BrCl2O/c15-12-3-1-10(2-4-12)9-18-14-6-5-13(17)7-11(14)8-16/h1-7H,8-9H2. The van der Waals surface area contributed by atoms with Crippen LogP contribution in [0.3, 0.4) is 0 Å². The Morgan fingerprint density at radius 2 is 1.78 bits per heavy atom. The van der Waals surface area contributed by atoms with Crippen LogP contribution in [-0.2, 0) is 12.5 Å². The molecule has 0 radical (unpaired) electrons. The lowest BCUT2D eigenvalue weighted by atomic mass is 10.2. The van der Waals surface area contributed by atoms with Crippen LogP contribution in [0.25, 0.3) is 0 Å². The fraction of sp³-hybridized carbons (Fsp3) is 0.143. The van der Waals surface area contributed by atoms with Gasteiger partial charge in [0.1, 0.15) is 12.4 Å². The summed E-state index contributed by atoms with van der Waals surface area (Å²) in [6, 6.07) is 13.5. The van der Waals surface area contributed by atoms with Crippen molar-refractivity contribution in [3.8, 4) is 5.75 Å². The molecule has 0 saturated carbocycles. The quantitative estimate of drug-likeness (QED) is 0.672. The van der Waals surface area contributed by atoms with Gasteiger partial charge in [-0.25, -0.2) is 0 Å². The van der Waals surface area contributed by atoms with Crippen molar-refractivity contribution < 1.29 is 4.74 Å². The molecule has 0 aliphatic rings. The molecule has 0 aromatic heterocycles. The summed E-state index contributed by atoms with van der Waals surface area (Å²) in [6.07, 6.45) is 0. The maximum Gasteiger partial charge on any atom is 0.124 e. The van der Waals surface area contributed by atoms with Crippen LogP contribution in [0.4, 0.5) is 0 Å². The van der Waals surface area contributed by atoms with Crippen molar-refractivity contribution in [1.82, 2.24) is 0 Å². The number of rotatable bonds is 4. The van der Waals surface area contributed by atoms with Crippen LogP contribution in [0.5, 0.6) is 5.75 Å². The first kappa shape index (κ1) is 13.7. The maximum absolute atomic E-state index is 5.91. The summed E-state index contributed by atoms with van der Waals surface area (Å²) in [4.78, 5) is 0. The highest BCUT2D eigenvalue weighted by atomic mass is 79.9. The highest BCUT2D eigenvalue weighted by Crippen LogP contribution is 2.25. The van der Waals surface area contributed by atoms with Crippen molar-refractivity contribution in [2.24, 2.45) is 0 Å². The lowest BCUT2D eigenvalue weighted by Gasteiger charge is -2.10. The van der Waals surface area contributed by atoms with E-state index in [0.29, 0.717) is 17.5 Å².